The van der Waals surface area contributed by atoms with Gasteiger partial charge in [0.05, 0.1) is 17.5 Å². The largest absolute Gasteiger partial charge is 0.316 e. The topological polar surface area (TPSA) is 68.2 Å². The SMILES string of the molecule is Cc1cn(-c2cc(F)cc(F)c2)c2ccc(C(=O)NS(C)(=O)=O)cc12. The van der Waals surface area contributed by atoms with Gasteiger partial charge in [-0.3, -0.25) is 4.79 Å². The van der Waals surface area contributed by atoms with E-state index in [1.165, 1.54) is 24.3 Å². The molecule has 0 saturated carbocycles. The van der Waals surface area contributed by atoms with E-state index in [1.54, 1.807) is 23.8 Å². The van der Waals surface area contributed by atoms with Crippen molar-refractivity contribution in [1.29, 1.82) is 0 Å². The summed E-state index contributed by atoms with van der Waals surface area (Å²) >= 11 is 0. The van der Waals surface area contributed by atoms with Gasteiger partial charge in [-0.15, -0.1) is 0 Å². The van der Waals surface area contributed by atoms with Gasteiger partial charge in [0.1, 0.15) is 11.6 Å². The summed E-state index contributed by atoms with van der Waals surface area (Å²) in [5, 5.41) is 0.672. The van der Waals surface area contributed by atoms with Crippen LogP contribution >= 0.6 is 0 Å². The Kier molecular flexibility index (Phi) is 4.08. The van der Waals surface area contributed by atoms with E-state index in [2.05, 4.69) is 0 Å². The number of hydrogen-bond donors (Lipinski definition) is 1. The average Bonchev–Trinajstić information content (AvgIpc) is 2.81. The highest BCUT2D eigenvalue weighted by Crippen LogP contribution is 2.26. The molecular weight excluding hydrogens is 350 g/mol. The van der Waals surface area contributed by atoms with Gasteiger partial charge in [0, 0.05) is 23.2 Å². The van der Waals surface area contributed by atoms with E-state index in [0.717, 1.165) is 17.9 Å². The smallest absolute Gasteiger partial charge is 0.264 e. The van der Waals surface area contributed by atoms with Gasteiger partial charge in [-0.05, 0) is 42.8 Å². The first-order valence-electron chi connectivity index (χ1n) is 7.24. The van der Waals surface area contributed by atoms with E-state index in [-0.39, 0.29) is 5.56 Å². The number of aromatic nitrogens is 1. The summed E-state index contributed by atoms with van der Waals surface area (Å²) in [6, 6.07) is 7.78. The number of nitrogens with one attached hydrogen (secondary N) is 1. The van der Waals surface area contributed by atoms with Crippen LogP contribution in [0.3, 0.4) is 0 Å². The highest BCUT2D eigenvalue weighted by atomic mass is 32.2. The lowest BCUT2D eigenvalue weighted by molar-refractivity contribution is 0.0982. The molecule has 8 heteroatoms. The molecule has 1 N–H and O–H groups in total. The summed E-state index contributed by atoms with van der Waals surface area (Å²) in [6.07, 6.45) is 2.58. The standard InChI is InChI=1S/C17H14F2N2O3S/c1-10-9-21(14-7-12(18)6-13(19)8-14)16-4-3-11(5-15(10)16)17(22)20-25(2,23)24/h3-9H,1-2H3,(H,20,22). The molecule has 2 aromatic carbocycles. The minimum atomic E-state index is -3.67. The number of carbonyl (C=O) groups is 1. The summed E-state index contributed by atoms with van der Waals surface area (Å²) in [5.41, 5.74) is 1.89. The molecule has 0 fully saturated rings. The van der Waals surface area contributed by atoms with E-state index >= 15 is 0 Å². The van der Waals surface area contributed by atoms with Crippen LogP contribution in [0.5, 0.6) is 0 Å². The highest BCUT2D eigenvalue weighted by Gasteiger charge is 2.15. The predicted molar refractivity (Wildman–Crippen MR) is 90.2 cm³/mol. The molecule has 0 radical (unpaired) electrons. The second-order valence-electron chi connectivity index (χ2n) is 5.75. The Morgan fingerprint density at radius 3 is 2.32 bits per heavy atom. The van der Waals surface area contributed by atoms with E-state index in [1.807, 2.05) is 4.72 Å². The number of carbonyl (C=O) groups excluding carboxylic acids is 1. The molecule has 3 rings (SSSR count). The van der Waals surface area contributed by atoms with Crippen molar-refractivity contribution in [2.24, 2.45) is 0 Å². The Hall–Kier alpha value is -2.74. The number of halogens is 2. The molecule has 0 spiro atoms. The zero-order valence-electron chi connectivity index (χ0n) is 13.4. The fourth-order valence-electron chi connectivity index (χ4n) is 2.66. The van der Waals surface area contributed by atoms with Crippen molar-refractivity contribution in [3.05, 3.63) is 65.4 Å². The summed E-state index contributed by atoms with van der Waals surface area (Å²) in [5.74, 6) is -2.13. The monoisotopic (exact) mass is 364 g/mol. The molecule has 0 unspecified atom stereocenters. The number of rotatable bonds is 3. The van der Waals surface area contributed by atoms with Crippen LogP contribution in [0, 0.1) is 18.6 Å². The Bertz CT molecular complexity index is 1080. The number of hydrogen-bond acceptors (Lipinski definition) is 3. The third-order valence-electron chi connectivity index (χ3n) is 3.67. The zero-order valence-corrected chi connectivity index (χ0v) is 14.2. The van der Waals surface area contributed by atoms with Crippen LogP contribution in [0.4, 0.5) is 8.78 Å². The van der Waals surface area contributed by atoms with E-state index in [9.17, 15) is 22.0 Å². The van der Waals surface area contributed by atoms with Gasteiger partial charge >= 0.3 is 0 Å². The molecule has 0 aliphatic heterocycles. The lowest BCUT2D eigenvalue weighted by Gasteiger charge is -2.07. The lowest BCUT2D eigenvalue weighted by Crippen LogP contribution is -2.29. The van der Waals surface area contributed by atoms with Crippen LogP contribution in [0.2, 0.25) is 0 Å². The molecule has 3 aromatic rings. The fraction of sp³-hybridized carbons (Fsp3) is 0.118. The van der Waals surface area contributed by atoms with Crippen molar-refractivity contribution in [2.75, 3.05) is 6.26 Å². The van der Waals surface area contributed by atoms with Gasteiger partial charge < -0.3 is 4.57 Å². The van der Waals surface area contributed by atoms with Gasteiger partial charge in [-0.25, -0.2) is 21.9 Å². The molecule has 5 nitrogen and oxygen atoms in total. The molecule has 0 atom stereocenters. The molecule has 130 valence electrons. The Balaban J connectivity index is 2.11. The summed E-state index contributed by atoms with van der Waals surface area (Å²) in [7, 11) is -3.67. The van der Waals surface area contributed by atoms with Crippen LogP contribution < -0.4 is 4.72 Å². The Labute approximate surface area is 142 Å². The molecule has 1 aromatic heterocycles. The minimum absolute atomic E-state index is 0.171. The van der Waals surface area contributed by atoms with Crippen molar-refractivity contribution in [1.82, 2.24) is 9.29 Å². The summed E-state index contributed by atoms with van der Waals surface area (Å²) in [6.45, 7) is 1.78. The number of aryl methyl sites for hydroxylation is 1. The summed E-state index contributed by atoms with van der Waals surface area (Å²) in [4.78, 5) is 12.0. The number of amides is 1. The number of fused-ring (bicyclic) bond motifs is 1. The zero-order chi connectivity index (χ0) is 18.4. The second kappa shape index (κ2) is 5.96. The molecule has 0 aliphatic carbocycles. The first kappa shape index (κ1) is 17.1. The van der Waals surface area contributed by atoms with Crippen molar-refractivity contribution < 1.29 is 22.0 Å². The van der Waals surface area contributed by atoms with Gasteiger partial charge in [-0.1, -0.05) is 0 Å². The molecule has 1 amide bonds. The van der Waals surface area contributed by atoms with Gasteiger partial charge in [0.2, 0.25) is 10.0 Å². The van der Waals surface area contributed by atoms with E-state index < -0.39 is 27.6 Å². The number of sulfonamides is 1. The van der Waals surface area contributed by atoms with Crippen molar-refractivity contribution in [2.45, 2.75) is 6.92 Å². The van der Waals surface area contributed by atoms with Gasteiger partial charge in [-0.2, -0.15) is 0 Å². The molecule has 0 saturated heterocycles. The number of nitrogens with zero attached hydrogens (tertiary/aromatic N) is 1. The first-order chi connectivity index (χ1) is 11.6. The average molecular weight is 364 g/mol. The maximum Gasteiger partial charge on any atom is 0.264 e. The molecule has 1 heterocycles. The summed E-state index contributed by atoms with van der Waals surface area (Å²) < 4.78 is 52.9. The maximum atomic E-state index is 13.5. The van der Waals surface area contributed by atoms with Crippen molar-refractivity contribution in [3.8, 4) is 5.69 Å². The van der Waals surface area contributed by atoms with Crippen LogP contribution in [-0.2, 0) is 10.0 Å². The quantitative estimate of drug-likeness (QED) is 0.777. The number of benzene rings is 2. The van der Waals surface area contributed by atoms with Crippen LogP contribution in [0.1, 0.15) is 15.9 Å². The molecular formula is C17H14F2N2O3S. The highest BCUT2D eigenvalue weighted by molar-refractivity contribution is 7.89. The van der Waals surface area contributed by atoms with Crippen molar-refractivity contribution in [3.63, 3.8) is 0 Å². The Morgan fingerprint density at radius 1 is 1.08 bits per heavy atom. The molecule has 0 aliphatic rings. The van der Waals surface area contributed by atoms with Crippen molar-refractivity contribution >= 4 is 26.8 Å². The third kappa shape index (κ3) is 3.53. The van der Waals surface area contributed by atoms with Crippen LogP contribution in [0.15, 0.2) is 42.6 Å². The van der Waals surface area contributed by atoms with Crippen LogP contribution in [0.25, 0.3) is 16.6 Å². The maximum absolute atomic E-state index is 13.5. The van der Waals surface area contributed by atoms with Crippen LogP contribution in [-0.4, -0.2) is 25.1 Å². The predicted octanol–water partition coefficient (Wildman–Crippen LogP) is 2.91. The fourth-order valence-corrected chi connectivity index (χ4v) is 3.11. The minimum Gasteiger partial charge on any atom is -0.316 e. The first-order valence-corrected chi connectivity index (χ1v) is 9.13. The normalized spacial score (nSPS) is 11.7. The second-order valence-corrected chi connectivity index (χ2v) is 7.49. The van der Waals surface area contributed by atoms with Gasteiger partial charge in [0.15, 0.2) is 0 Å². The Morgan fingerprint density at radius 2 is 1.72 bits per heavy atom. The third-order valence-corrected chi connectivity index (χ3v) is 4.23. The molecule has 0 bridgehead atoms. The molecule has 25 heavy (non-hydrogen) atoms. The lowest BCUT2D eigenvalue weighted by atomic mass is 10.1. The van der Waals surface area contributed by atoms with E-state index in [0.29, 0.717) is 16.6 Å². The van der Waals surface area contributed by atoms with E-state index in [4.69, 9.17) is 0 Å². The van der Waals surface area contributed by atoms with Gasteiger partial charge in [0.25, 0.3) is 5.91 Å².